The van der Waals surface area contributed by atoms with Gasteiger partial charge in [-0.2, -0.15) is 13.2 Å². The van der Waals surface area contributed by atoms with Gasteiger partial charge in [0.05, 0.1) is 12.2 Å². The van der Waals surface area contributed by atoms with E-state index in [0.29, 0.717) is 5.69 Å². The average molecular weight is 255 g/mol. The molecule has 0 aliphatic heterocycles. The zero-order valence-electron chi connectivity index (χ0n) is 8.08. The summed E-state index contributed by atoms with van der Waals surface area (Å²) >= 11 is 0.781. The molecule has 0 aliphatic carbocycles. The third-order valence-electron chi connectivity index (χ3n) is 1.69. The summed E-state index contributed by atoms with van der Waals surface area (Å²) in [5, 5.41) is 14.1. The molecule has 1 aromatic heterocycles. The Balaban J connectivity index is 2.52. The summed E-state index contributed by atoms with van der Waals surface area (Å²) in [5.41, 5.74) is 0.337. The van der Waals surface area contributed by atoms with E-state index in [0.717, 1.165) is 11.5 Å². The first-order chi connectivity index (χ1) is 7.32. The van der Waals surface area contributed by atoms with Gasteiger partial charge in [-0.1, -0.05) is 4.49 Å². The number of nitrogens with zero attached hydrogens (tertiary/aromatic N) is 2. The lowest BCUT2D eigenvalue weighted by Gasteiger charge is -2.14. The summed E-state index contributed by atoms with van der Waals surface area (Å²) < 4.78 is 39.2. The van der Waals surface area contributed by atoms with E-state index in [4.69, 9.17) is 5.11 Å². The van der Waals surface area contributed by atoms with Crippen molar-refractivity contribution in [3.63, 3.8) is 0 Å². The molecule has 0 aliphatic rings. The SMILES string of the molecule is Cc1nnsc1C(=O)NCC(O)C(F)(F)F. The molecule has 0 fully saturated rings. The van der Waals surface area contributed by atoms with Gasteiger partial charge in [0.25, 0.3) is 5.91 Å². The molecule has 0 aromatic carbocycles. The second kappa shape index (κ2) is 4.74. The van der Waals surface area contributed by atoms with Crippen molar-refractivity contribution < 1.29 is 23.1 Å². The van der Waals surface area contributed by atoms with Gasteiger partial charge in [0.2, 0.25) is 0 Å². The van der Waals surface area contributed by atoms with Gasteiger partial charge in [-0.05, 0) is 18.5 Å². The van der Waals surface area contributed by atoms with Crippen molar-refractivity contribution in [2.24, 2.45) is 0 Å². The smallest absolute Gasteiger partial charge is 0.382 e. The lowest BCUT2D eigenvalue weighted by Crippen LogP contribution is -2.40. The van der Waals surface area contributed by atoms with Crippen LogP contribution in [-0.4, -0.2) is 39.4 Å². The van der Waals surface area contributed by atoms with Crippen LogP contribution in [0.25, 0.3) is 0 Å². The maximum atomic E-state index is 11.9. The molecule has 90 valence electrons. The fraction of sp³-hybridized carbons (Fsp3) is 0.571. The van der Waals surface area contributed by atoms with Crippen LogP contribution in [0.4, 0.5) is 13.2 Å². The third-order valence-corrected chi connectivity index (χ3v) is 2.52. The van der Waals surface area contributed by atoms with E-state index < -0.39 is 24.7 Å². The van der Waals surface area contributed by atoms with Crippen LogP contribution in [0.1, 0.15) is 15.4 Å². The van der Waals surface area contributed by atoms with Crippen LogP contribution in [0.3, 0.4) is 0 Å². The number of aliphatic hydroxyl groups excluding tert-OH is 1. The molecule has 16 heavy (non-hydrogen) atoms. The number of amides is 1. The topological polar surface area (TPSA) is 75.1 Å². The maximum absolute atomic E-state index is 11.9. The molecule has 1 amide bonds. The van der Waals surface area contributed by atoms with Crippen molar-refractivity contribution in [2.75, 3.05) is 6.54 Å². The lowest BCUT2D eigenvalue weighted by atomic mass is 10.3. The van der Waals surface area contributed by atoms with E-state index in [9.17, 15) is 18.0 Å². The van der Waals surface area contributed by atoms with Crippen molar-refractivity contribution >= 4 is 17.4 Å². The van der Waals surface area contributed by atoms with Gasteiger partial charge >= 0.3 is 6.18 Å². The van der Waals surface area contributed by atoms with Gasteiger partial charge in [0.15, 0.2) is 6.10 Å². The summed E-state index contributed by atoms with van der Waals surface area (Å²) in [6.07, 6.45) is -7.31. The normalized spacial score (nSPS) is 13.6. The Labute approximate surface area is 92.4 Å². The number of rotatable bonds is 3. The monoisotopic (exact) mass is 255 g/mol. The van der Waals surface area contributed by atoms with E-state index >= 15 is 0 Å². The number of hydrogen-bond acceptors (Lipinski definition) is 5. The zero-order chi connectivity index (χ0) is 12.3. The molecule has 9 heteroatoms. The lowest BCUT2D eigenvalue weighted by molar-refractivity contribution is -0.201. The number of carbonyl (C=O) groups excluding carboxylic acids is 1. The maximum Gasteiger partial charge on any atom is 0.416 e. The Morgan fingerprint density at radius 3 is 2.69 bits per heavy atom. The van der Waals surface area contributed by atoms with E-state index in [2.05, 4.69) is 9.59 Å². The molecule has 0 saturated carbocycles. The molecule has 0 bridgehead atoms. The molecule has 1 unspecified atom stereocenters. The van der Waals surface area contributed by atoms with Crippen LogP contribution >= 0.6 is 11.5 Å². The van der Waals surface area contributed by atoms with Crippen molar-refractivity contribution in [1.82, 2.24) is 14.9 Å². The van der Waals surface area contributed by atoms with Crippen LogP contribution in [-0.2, 0) is 0 Å². The standard InChI is InChI=1S/C7H8F3N3O2S/c1-3-5(16-13-12-3)6(15)11-2-4(14)7(8,9)10/h4,14H,2H2,1H3,(H,11,15). The van der Waals surface area contributed by atoms with Crippen molar-refractivity contribution in [3.8, 4) is 0 Å². The molecule has 0 saturated heterocycles. The average Bonchev–Trinajstić information content (AvgIpc) is 2.58. The number of aryl methyl sites for hydroxylation is 1. The first-order valence-corrected chi connectivity index (χ1v) is 4.91. The number of aliphatic hydroxyl groups is 1. The first kappa shape index (κ1) is 12.8. The van der Waals surface area contributed by atoms with Gasteiger partial charge in [-0.15, -0.1) is 5.10 Å². The highest BCUT2D eigenvalue weighted by molar-refractivity contribution is 7.07. The van der Waals surface area contributed by atoms with Crippen LogP contribution in [0.15, 0.2) is 0 Å². The largest absolute Gasteiger partial charge is 0.416 e. The highest BCUT2D eigenvalue weighted by Gasteiger charge is 2.38. The quantitative estimate of drug-likeness (QED) is 0.824. The molecular formula is C7H8F3N3O2S. The Hall–Kier alpha value is -1.22. The molecule has 1 aromatic rings. The Kier molecular flexibility index (Phi) is 3.81. The highest BCUT2D eigenvalue weighted by Crippen LogP contribution is 2.19. The van der Waals surface area contributed by atoms with Crippen LogP contribution < -0.4 is 5.32 Å². The zero-order valence-corrected chi connectivity index (χ0v) is 8.89. The van der Waals surface area contributed by atoms with Gasteiger partial charge in [0.1, 0.15) is 4.88 Å². The van der Waals surface area contributed by atoms with E-state index in [-0.39, 0.29) is 4.88 Å². The summed E-state index contributed by atoms with van der Waals surface area (Å²) in [4.78, 5) is 11.4. The molecular weight excluding hydrogens is 247 g/mol. The van der Waals surface area contributed by atoms with Gasteiger partial charge in [-0.3, -0.25) is 4.79 Å². The Morgan fingerprint density at radius 2 is 2.25 bits per heavy atom. The second-order valence-electron chi connectivity index (χ2n) is 2.95. The molecule has 1 rings (SSSR count). The van der Waals surface area contributed by atoms with Crippen LogP contribution in [0.2, 0.25) is 0 Å². The second-order valence-corrected chi connectivity index (χ2v) is 3.71. The summed E-state index contributed by atoms with van der Waals surface area (Å²) in [5.74, 6) is -0.726. The minimum absolute atomic E-state index is 0.134. The predicted octanol–water partition coefficient (Wildman–Crippen LogP) is 0.500. The summed E-state index contributed by atoms with van der Waals surface area (Å²) in [7, 11) is 0. The summed E-state index contributed by atoms with van der Waals surface area (Å²) in [6.45, 7) is 0.623. The van der Waals surface area contributed by atoms with Crippen molar-refractivity contribution in [3.05, 3.63) is 10.6 Å². The molecule has 1 heterocycles. The first-order valence-electron chi connectivity index (χ1n) is 4.14. The Morgan fingerprint density at radius 1 is 1.62 bits per heavy atom. The molecule has 0 spiro atoms. The molecule has 1 atom stereocenters. The number of halogens is 3. The molecule has 5 nitrogen and oxygen atoms in total. The van der Waals surface area contributed by atoms with Crippen LogP contribution in [0.5, 0.6) is 0 Å². The van der Waals surface area contributed by atoms with Crippen molar-refractivity contribution in [1.29, 1.82) is 0 Å². The van der Waals surface area contributed by atoms with Crippen LogP contribution in [0, 0.1) is 6.92 Å². The van der Waals surface area contributed by atoms with Gasteiger partial charge in [-0.25, -0.2) is 0 Å². The van der Waals surface area contributed by atoms with Gasteiger partial charge in [0, 0.05) is 0 Å². The number of nitrogens with one attached hydrogen (secondary N) is 1. The molecule has 2 N–H and O–H groups in total. The minimum Gasteiger partial charge on any atom is -0.382 e. The number of hydrogen-bond donors (Lipinski definition) is 2. The fourth-order valence-electron chi connectivity index (χ4n) is 0.825. The Bertz CT molecular complexity index is 379. The number of alkyl halides is 3. The highest BCUT2D eigenvalue weighted by atomic mass is 32.1. The number of carbonyl (C=O) groups is 1. The molecule has 0 radical (unpaired) electrons. The minimum atomic E-state index is -4.74. The fourth-order valence-corrected chi connectivity index (χ4v) is 1.40. The third kappa shape index (κ3) is 3.14. The summed E-state index contributed by atoms with van der Waals surface area (Å²) in [6, 6.07) is 0. The van der Waals surface area contributed by atoms with Crippen molar-refractivity contribution in [2.45, 2.75) is 19.2 Å². The number of aromatic nitrogens is 2. The van der Waals surface area contributed by atoms with E-state index in [1.54, 1.807) is 0 Å². The van der Waals surface area contributed by atoms with E-state index in [1.807, 2.05) is 5.32 Å². The van der Waals surface area contributed by atoms with E-state index in [1.165, 1.54) is 6.92 Å². The van der Waals surface area contributed by atoms with Gasteiger partial charge < -0.3 is 10.4 Å². The predicted molar refractivity (Wildman–Crippen MR) is 49.0 cm³/mol.